The average Bonchev–Trinajstić information content (AvgIpc) is 2.64. The number of aryl methyl sites for hydroxylation is 1. The van der Waals surface area contributed by atoms with Crippen LogP contribution in [0.5, 0.6) is 5.75 Å². The number of alkyl carbamates (subject to hydrolysis) is 1. The van der Waals surface area contributed by atoms with Gasteiger partial charge in [0.15, 0.2) is 0 Å². The van der Waals surface area contributed by atoms with Gasteiger partial charge >= 0.3 is 12.1 Å². The van der Waals surface area contributed by atoms with Gasteiger partial charge in [0.1, 0.15) is 17.2 Å². The maximum absolute atomic E-state index is 14.1. The highest BCUT2D eigenvalue weighted by molar-refractivity contribution is 5.91. The molecule has 7 heteroatoms. The van der Waals surface area contributed by atoms with Gasteiger partial charge in [0.2, 0.25) is 0 Å². The molecular weight excluding hydrogens is 377 g/mol. The van der Waals surface area contributed by atoms with Crippen molar-refractivity contribution < 1.29 is 28.2 Å². The Balaban J connectivity index is 2.37. The molecule has 156 valence electrons. The van der Waals surface area contributed by atoms with Crippen LogP contribution in [-0.4, -0.2) is 31.9 Å². The molecule has 0 atom stereocenters. The van der Waals surface area contributed by atoms with Crippen molar-refractivity contribution in [1.29, 1.82) is 0 Å². The van der Waals surface area contributed by atoms with Gasteiger partial charge in [0.05, 0.1) is 19.8 Å². The van der Waals surface area contributed by atoms with Crippen molar-refractivity contribution in [3.8, 4) is 16.9 Å². The first-order valence-corrected chi connectivity index (χ1v) is 9.08. The summed E-state index contributed by atoms with van der Waals surface area (Å²) in [6, 6.07) is 8.13. The Labute approximate surface area is 170 Å². The van der Waals surface area contributed by atoms with Gasteiger partial charge in [0, 0.05) is 12.1 Å². The second-order valence-corrected chi connectivity index (χ2v) is 7.52. The third-order valence-corrected chi connectivity index (χ3v) is 4.13. The molecule has 1 N–H and O–H groups in total. The van der Waals surface area contributed by atoms with Crippen molar-refractivity contribution in [3.05, 3.63) is 52.8 Å². The van der Waals surface area contributed by atoms with Crippen LogP contribution in [0.15, 0.2) is 30.3 Å². The van der Waals surface area contributed by atoms with Gasteiger partial charge in [0.25, 0.3) is 0 Å². The number of hydrogen-bond donors (Lipinski definition) is 1. The molecule has 0 aliphatic carbocycles. The van der Waals surface area contributed by atoms with Gasteiger partial charge in [-0.1, -0.05) is 6.07 Å². The predicted molar refractivity (Wildman–Crippen MR) is 108 cm³/mol. The smallest absolute Gasteiger partial charge is 0.407 e. The third kappa shape index (κ3) is 5.70. The van der Waals surface area contributed by atoms with E-state index in [-0.39, 0.29) is 12.1 Å². The molecular formula is C22H26FNO5. The van der Waals surface area contributed by atoms with Gasteiger partial charge in [-0.2, -0.15) is 0 Å². The Morgan fingerprint density at radius 3 is 2.38 bits per heavy atom. The van der Waals surface area contributed by atoms with E-state index in [9.17, 15) is 14.0 Å². The van der Waals surface area contributed by atoms with E-state index < -0.39 is 23.5 Å². The molecule has 0 aliphatic heterocycles. The number of nitrogens with one attached hydrogen (secondary N) is 1. The number of methoxy groups -OCH3 is 2. The molecule has 2 aromatic rings. The zero-order valence-corrected chi connectivity index (χ0v) is 17.5. The van der Waals surface area contributed by atoms with Crippen molar-refractivity contribution in [2.24, 2.45) is 0 Å². The summed E-state index contributed by atoms with van der Waals surface area (Å²) in [6.07, 6.45) is -0.545. The molecule has 2 rings (SSSR count). The van der Waals surface area contributed by atoms with Crippen LogP contribution in [0.1, 0.15) is 42.3 Å². The van der Waals surface area contributed by atoms with E-state index in [0.717, 1.165) is 5.56 Å². The minimum absolute atomic E-state index is 0.141. The Morgan fingerprint density at radius 2 is 1.79 bits per heavy atom. The topological polar surface area (TPSA) is 73.9 Å². The first-order chi connectivity index (χ1) is 13.6. The molecule has 0 fully saturated rings. The van der Waals surface area contributed by atoms with Crippen LogP contribution in [0.3, 0.4) is 0 Å². The van der Waals surface area contributed by atoms with Crippen molar-refractivity contribution >= 4 is 12.1 Å². The fourth-order valence-electron chi connectivity index (χ4n) is 2.82. The van der Waals surface area contributed by atoms with E-state index in [4.69, 9.17) is 9.47 Å². The van der Waals surface area contributed by atoms with Crippen LogP contribution in [0.2, 0.25) is 0 Å². The summed E-state index contributed by atoms with van der Waals surface area (Å²) in [6.45, 7) is 7.27. The Bertz CT molecular complexity index is 918. The number of esters is 1. The predicted octanol–water partition coefficient (Wildman–Crippen LogP) is 4.62. The van der Waals surface area contributed by atoms with Crippen molar-refractivity contribution in [2.45, 2.75) is 39.8 Å². The van der Waals surface area contributed by atoms with Crippen molar-refractivity contribution in [2.75, 3.05) is 14.2 Å². The number of amides is 1. The fourth-order valence-corrected chi connectivity index (χ4v) is 2.82. The van der Waals surface area contributed by atoms with Crippen LogP contribution in [-0.2, 0) is 16.0 Å². The first-order valence-electron chi connectivity index (χ1n) is 9.08. The lowest BCUT2D eigenvalue weighted by Gasteiger charge is -2.20. The SMILES string of the molecule is COC(=O)c1cc(-c2ccc(OC)c(CNC(=O)OC(C)(C)C)c2)c(C)cc1F. The van der Waals surface area contributed by atoms with E-state index in [1.165, 1.54) is 26.4 Å². The average molecular weight is 403 g/mol. The normalized spacial score (nSPS) is 11.0. The van der Waals surface area contributed by atoms with E-state index in [2.05, 4.69) is 10.1 Å². The van der Waals surface area contributed by atoms with Crippen LogP contribution in [0.25, 0.3) is 11.1 Å². The van der Waals surface area contributed by atoms with Gasteiger partial charge < -0.3 is 19.5 Å². The lowest BCUT2D eigenvalue weighted by Crippen LogP contribution is -2.32. The van der Waals surface area contributed by atoms with Crippen LogP contribution in [0, 0.1) is 12.7 Å². The zero-order chi connectivity index (χ0) is 21.8. The van der Waals surface area contributed by atoms with Crippen LogP contribution < -0.4 is 10.1 Å². The molecule has 0 saturated heterocycles. The largest absolute Gasteiger partial charge is 0.496 e. The second kappa shape index (κ2) is 8.94. The van der Waals surface area contributed by atoms with E-state index in [1.54, 1.807) is 39.8 Å². The lowest BCUT2D eigenvalue weighted by molar-refractivity contribution is 0.0522. The molecule has 0 aromatic heterocycles. The highest BCUT2D eigenvalue weighted by atomic mass is 19.1. The van der Waals surface area contributed by atoms with Crippen molar-refractivity contribution in [3.63, 3.8) is 0 Å². The molecule has 0 radical (unpaired) electrons. The van der Waals surface area contributed by atoms with Crippen LogP contribution >= 0.6 is 0 Å². The number of carbonyl (C=O) groups is 2. The monoisotopic (exact) mass is 403 g/mol. The standard InChI is InChI=1S/C22H26FNO5/c1-13-9-18(23)17(20(25)28-6)11-16(13)14-7-8-19(27-5)15(10-14)12-24-21(26)29-22(2,3)4/h7-11H,12H2,1-6H3,(H,24,26). The summed E-state index contributed by atoms with van der Waals surface area (Å²) in [4.78, 5) is 23.8. The maximum Gasteiger partial charge on any atom is 0.407 e. The molecule has 0 bridgehead atoms. The van der Waals surface area contributed by atoms with Gasteiger partial charge in [-0.15, -0.1) is 0 Å². The molecule has 0 heterocycles. The summed E-state index contributed by atoms with van der Waals surface area (Å²) in [5.41, 5.74) is 2.04. The molecule has 1 amide bonds. The van der Waals surface area contributed by atoms with E-state index >= 15 is 0 Å². The van der Waals surface area contributed by atoms with Crippen LogP contribution in [0.4, 0.5) is 9.18 Å². The zero-order valence-electron chi connectivity index (χ0n) is 17.5. The minimum Gasteiger partial charge on any atom is -0.496 e. The number of rotatable bonds is 5. The number of halogens is 1. The molecule has 2 aromatic carbocycles. The Morgan fingerprint density at radius 1 is 1.10 bits per heavy atom. The molecule has 0 unspecified atom stereocenters. The maximum atomic E-state index is 14.1. The fraction of sp³-hybridized carbons (Fsp3) is 0.364. The second-order valence-electron chi connectivity index (χ2n) is 7.52. The first kappa shape index (κ1) is 22.2. The third-order valence-electron chi connectivity index (χ3n) is 4.13. The molecule has 0 saturated carbocycles. The van der Waals surface area contributed by atoms with Gasteiger partial charge in [-0.3, -0.25) is 0 Å². The summed E-state index contributed by atoms with van der Waals surface area (Å²) in [5.74, 6) is -0.805. The molecule has 0 aliphatic rings. The van der Waals surface area contributed by atoms with Crippen molar-refractivity contribution in [1.82, 2.24) is 5.32 Å². The lowest BCUT2D eigenvalue weighted by atomic mass is 9.96. The Kier molecular flexibility index (Phi) is 6.84. The molecule has 29 heavy (non-hydrogen) atoms. The number of hydrogen-bond acceptors (Lipinski definition) is 5. The summed E-state index contributed by atoms with van der Waals surface area (Å²) in [7, 11) is 2.74. The summed E-state index contributed by atoms with van der Waals surface area (Å²) < 4.78 is 29.4. The number of carbonyl (C=O) groups excluding carboxylic acids is 2. The quantitative estimate of drug-likeness (QED) is 0.738. The van der Waals surface area contributed by atoms with E-state index in [0.29, 0.717) is 22.4 Å². The van der Waals surface area contributed by atoms with Gasteiger partial charge in [-0.25, -0.2) is 14.0 Å². The highest BCUT2D eigenvalue weighted by Gasteiger charge is 2.18. The van der Waals surface area contributed by atoms with E-state index in [1.807, 2.05) is 6.07 Å². The summed E-state index contributed by atoms with van der Waals surface area (Å²) in [5, 5.41) is 2.70. The molecule has 6 nitrogen and oxygen atoms in total. The Hall–Kier alpha value is -3.09. The van der Waals surface area contributed by atoms with Gasteiger partial charge in [-0.05, 0) is 68.7 Å². The summed E-state index contributed by atoms with van der Waals surface area (Å²) >= 11 is 0. The molecule has 0 spiro atoms. The number of ether oxygens (including phenoxy) is 3. The highest BCUT2D eigenvalue weighted by Crippen LogP contribution is 2.31. The number of benzene rings is 2. The minimum atomic E-state index is -0.746.